The molecular weight excluding hydrogens is 350 g/mol. The van der Waals surface area contributed by atoms with Crippen LogP contribution in [0.5, 0.6) is 5.75 Å². The Kier molecular flexibility index (Phi) is 5.16. The van der Waals surface area contributed by atoms with Crippen molar-refractivity contribution in [2.45, 2.75) is 13.5 Å². The number of aromatic nitrogens is 2. The maximum absolute atomic E-state index is 12.9. The molecule has 0 atom stereocenters. The lowest BCUT2D eigenvalue weighted by atomic mass is 10.2. The van der Waals surface area contributed by atoms with Gasteiger partial charge in [0.2, 0.25) is 5.89 Å². The van der Waals surface area contributed by atoms with Gasteiger partial charge in [-0.3, -0.25) is 14.6 Å². The van der Waals surface area contributed by atoms with E-state index < -0.39 is 18.4 Å². The van der Waals surface area contributed by atoms with Gasteiger partial charge in [0.15, 0.2) is 5.69 Å². The number of hydrogen-bond donors (Lipinski definition) is 2. The van der Waals surface area contributed by atoms with Gasteiger partial charge < -0.3 is 19.5 Å². The van der Waals surface area contributed by atoms with Crippen molar-refractivity contribution in [1.29, 1.82) is 0 Å². The molecule has 3 rings (SSSR count). The van der Waals surface area contributed by atoms with E-state index in [-0.39, 0.29) is 29.6 Å². The Balaban J connectivity index is 1.90. The van der Waals surface area contributed by atoms with Crippen LogP contribution >= 0.6 is 0 Å². The van der Waals surface area contributed by atoms with E-state index in [0.717, 1.165) is 4.90 Å². The molecule has 2 N–H and O–H groups in total. The van der Waals surface area contributed by atoms with Gasteiger partial charge in [0, 0.05) is 11.8 Å². The summed E-state index contributed by atoms with van der Waals surface area (Å²) in [5.41, 5.74) is 1.08. The first kappa shape index (κ1) is 18.1. The predicted molar refractivity (Wildman–Crippen MR) is 95.0 cm³/mol. The van der Waals surface area contributed by atoms with Crippen LogP contribution in [0.1, 0.15) is 21.9 Å². The van der Waals surface area contributed by atoms with Crippen LogP contribution in [-0.2, 0) is 11.3 Å². The molecule has 27 heavy (non-hydrogen) atoms. The molecule has 1 amide bonds. The molecule has 0 aliphatic rings. The molecule has 0 aliphatic carbocycles. The number of aromatic hydroxyl groups is 1. The van der Waals surface area contributed by atoms with Crippen molar-refractivity contribution in [2.75, 3.05) is 6.54 Å². The van der Waals surface area contributed by atoms with E-state index in [9.17, 15) is 14.7 Å². The van der Waals surface area contributed by atoms with E-state index in [1.54, 1.807) is 43.5 Å². The molecule has 0 saturated carbocycles. The Morgan fingerprint density at radius 1 is 1.19 bits per heavy atom. The van der Waals surface area contributed by atoms with Gasteiger partial charge in [-0.05, 0) is 37.3 Å². The normalized spacial score (nSPS) is 10.6. The van der Waals surface area contributed by atoms with Gasteiger partial charge in [-0.1, -0.05) is 12.1 Å². The fourth-order valence-electron chi connectivity index (χ4n) is 2.56. The summed E-state index contributed by atoms with van der Waals surface area (Å²) in [7, 11) is 0. The SMILES string of the molecule is Cc1oc(-c2cccc(O)c2)nc1C(=O)N(CC(=O)O)Cc1ccccn1. The van der Waals surface area contributed by atoms with Gasteiger partial charge in [-0.25, -0.2) is 4.98 Å². The molecule has 0 spiro atoms. The van der Waals surface area contributed by atoms with Crippen LogP contribution in [0.2, 0.25) is 0 Å². The molecule has 138 valence electrons. The van der Waals surface area contributed by atoms with Crippen LogP contribution in [0.3, 0.4) is 0 Å². The Labute approximate surface area is 154 Å². The van der Waals surface area contributed by atoms with Crippen molar-refractivity contribution in [3.8, 4) is 17.2 Å². The van der Waals surface area contributed by atoms with Gasteiger partial charge in [0.1, 0.15) is 18.1 Å². The standard InChI is InChI=1S/C19H17N3O5/c1-12-17(21-18(27-12)13-5-4-7-15(23)9-13)19(26)22(11-16(24)25)10-14-6-2-3-8-20-14/h2-9,23H,10-11H2,1H3,(H,24,25). The third-order valence-corrected chi connectivity index (χ3v) is 3.78. The smallest absolute Gasteiger partial charge is 0.323 e. The number of carboxylic acid groups (broad SMARTS) is 1. The molecule has 0 radical (unpaired) electrons. The number of aryl methyl sites for hydroxylation is 1. The average molecular weight is 367 g/mol. The summed E-state index contributed by atoms with van der Waals surface area (Å²) < 4.78 is 5.55. The number of aliphatic carboxylic acids is 1. The maximum atomic E-state index is 12.9. The second-order valence-corrected chi connectivity index (χ2v) is 5.85. The fourth-order valence-corrected chi connectivity index (χ4v) is 2.56. The number of nitrogens with zero attached hydrogens (tertiary/aromatic N) is 3. The number of oxazole rings is 1. The first-order chi connectivity index (χ1) is 12.9. The number of carbonyl (C=O) groups is 2. The number of carbonyl (C=O) groups excluding carboxylic acids is 1. The van der Waals surface area contributed by atoms with Crippen molar-refractivity contribution in [2.24, 2.45) is 0 Å². The van der Waals surface area contributed by atoms with Crippen molar-refractivity contribution < 1.29 is 24.2 Å². The summed E-state index contributed by atoms with van der Waals surface area (Å²) in [4.78, 5) is 33.6. The van der Waals surface area contributed by atoms with E-state index in [4.69, 9.17) is 9.52 Å². The van der Waals surface area contributed by atoms with Gasteiger partial charge in [0.05, 0.1) is 12.2 Å². The summed E-state index contributed by atoms with van der Waals surface area (Å²) in [6, 6.07) is 11.5. The van der Waals surface area contributed by atoms with Crippen LogP contribution in [0.25, 0.3) is 11.5 Å². The quantitative estimate of drug-likeness (QED) is 0.687. The summed E-state index contributed by atoms with van der Waals surface area (Å²) >= 11 is 0. The van der Waals surface area contributed by atoms with E-state index in [0.29, 0.717) is 11.3 Å². The number of hydrogen-bond acceptors (Lipinski definition) is 6. The van der Waals surface area contributed by atoms with Crippen molar-refractivity contribution >= 4 is 11.9 Å². The minimum absolute atomic E-state index is 0.0190. The van der Waals surface area contributed by atoms with Crippen molar-refractivity contribution in [1.82, 2.24) is 14.9 Å². The zero-order chi connectivity index (χ0) is 19.4. The highest BCUT2D eigenvalue weighted by atomic mass is 16.4. The predicted octanol–water partition coefficient (Wildman–Crippen LogP) is 2.48. The van der Waals surface area contributed by atoms with Gasteiger partial charge in [0.25, 0.3) is 5.91 Å². The van der Waals surface area contributed by atoms with E-state index >= 15 is 0 Å². The van der Waals surface area contributed by atoms with E-state index in [1.807, 2.05) is 0 Å². The Morgan fingerprint density at radius 2 is 2.00 bits per heavy atom. The Bertz CT molecular complexity index is 968. The van der Waals surface area contributed by atoms with Crippen LogP contribution in [0.15, 0.2) is 53.1 Å². The molecular formula is C19H17N3O5. The minimum Gasteiger partial charge on any atom is -0.508 e. The van der Waals surface area contributed by atoms with Crippen molar-refractivity contribution in [3.05, 3.63) is 65.8 Å². The van der Waals surface area contributed by atoms with Crippen LogP contribution in [-0.4, -0.2) is 43.5 Å². The zero-order valence-electron chi connectivity index (χ0n) is 14.5. The molecule has 8 heteroatoms. The highest BCUT2D eigenvalue weighted by molar-refractivity contribution is 5.95. The number of rotatable bonds is 6. The summed E-state index contributed by atoms with van der Waals surface area (Å²) in [6.45, 7) is 1.11. The highest BCUT2D eigenvalue weighted by Crippen LogP contribution is 2.25. The summed E-state index contributed by atoms with van der Waals surface area (Å²) in [5, 5.41) is 18.7. The third-order valence-electron chi connectivity index (χ3n) is 3.78. The zero-order valence-corrected chi connectivity index (χ0v) is 14.5. The first-order valence-electron chi connectivity index (χ1n) is 8.12. The molecule has 0 bridgehead atoms. The van der Waals surface area contributed by atoms with E-state index in [2.05, 4.69) is 9.97 Å². The Hall–Kier alpha value is -3.68. The van der Waals surface area contributed by atoms with Crippen molar-refractivity contribution in [3.63, 3.8) is 0 Å². The Morgan fingerprint density at radius 3 is 2.67 bits per heavy atom. The number of amides is 1. The molecule has 0 unspecified atom stereocenters. The van der Waals surface area contributed by atoms with Crippen LogP contribution in [0.4, 0.5) is 0 Å². The maximum Gasteiger partial charge on any atom is 0.323 e. The number of benzene rings is 1. The molecule has 8 nitrogen and oxygen atoms in total. The summed E-state index contributed by atoms with van der Waals surface area (Å²) in [6.07, 6.45) is 1.57. The summed E-state index contributed by atoms with van der Waals surface area (Å²) in [5.74, 6) is -1.25. The molecule has 2 aromatic heterocycles. The van der Waals surface area contributed by atoms with E-state index in [1.165, 1.54) is 12.1 Å². The van der Waals surface area contributed by atoms with Gasteiger partial charge in [-0.2, -0.15) is 0 Å². The number of pyridine rings is 1. The molecule has 0 fully saturated rings. The molecule has 0 aliphatic heterocycles. The highest BCUT2D eigenvalue weighted by Gasteiger charge is 2.25. The molecule has 2 heterocycles. The number of phenolic OH excluding ortho intramolecular Hbond substituents is 1. The van der Waals surface area contributed by atoms with Crippen LogP contribution < -0.4 is 0 Å². The molecule has 3 aromatic rings. The fraction of sp³-hybridized carbons (Fsp3) is 0.158. The largest absolute Gasteiger partial charge is 0.508 e. The lowest BCUT2D eigenvalue weighted by molar-refractivity contribution is -0.137. The lowest BCUT2D eigenvalue weighted by Crippen LogP contribution is -2.36. The number of phenols is 1. The van der Waals surface area contributed by atoms with Crippen LogP contribution in [0, 0.1) is 6.92 Å². The minimum atomic E-state index is -1.14. The number of carboxylic acids is 1. The molecule has 0 saturated heterocycles. The third kappa shape index (κ3) is 4.30. The monoisotopic (exact) mass is 367 g/mol. The van der Waals surface area contributed by atoms with Gasteiger partial charge in [-0.15, -0.1) is 0 Å². The second kappa shape index (κ2) is 7.69. The molecule has 1 aromatic carbocycles. The average Bonchev–Trinajstić information content (AvgIpc) is 3.03. The second-order valence-electron chi connectivity index (χ2n) is 5.85. The van der Waals surface area contributed by atoms with Gasteiger partial charge >= 0.3 is 5.97 Å². The topological polar surface area (TPSA) is 117 Å². The first-order valence-corrected chi connectivity index (χ1v) is 8.12. The lowest BCUT2D eigenvalue weighted by Gasteiger charge is -2.19.